The largest absolute Gasteiger partial charge is 0.573 e. The average Bonchev–Trinajstić information content (AvgIpc) is 3.47. The zero-order chi connectivity index (χ0) is 31.3. The first-order valence-electron chi connectivity index (χ1n) is 14.2. The molecule has 3 aromatic carbocycles. The quantitative estimate of drug-likeness (QED) is 0.214. The fraction of sp³-hybridized carbons (Fsp3) is 0.281. The van der Waals surface area contributed by atoms with Crippen LogP contribution in [0.2, 0.25) is 0 Å². The molecule has 12 heteroatoms. The molecule has 0 aliphatic carbocycles. The van der Waals surface area contributed by atoms with Crippen molar-refractivity contribution in [1.82, 2.24) is 25.4 Å². The molecular formula is C32H33F3N6O2S. The molecule has 2 N–H and O–H groups in total. The van der Waals surface area contributed by atoms with Crippen LogP contribution in [0, 0.1) is 0 Å². The van der Waals surface area contributed by atoms with E-state index in [1.807, 2.05) is 49.4 Å². The van der Waals surface area contributed by atoms with Crippen LogP contribution in [0.15, 0.2) is 84.8 Å². The van der Waals surface area contributed by atoms with E-state index in [1.165, 1.54) is 40.8 Å². The van der Waals surface area contributed by atoms with E-state index in [-0.39, 0.29) is 17.3 Å². The van der Waals surface area contributed by atoms with Gasteiger partial charge in [-0.15, -0.1) is 30.0 Å². The molecule has 1 saturated heterocycles. The highest BCUT2D eigenvalue weighted by Gasteiger charge is 2.32. The molecule has 4 aromatic rings. The summed E-state index contributed by atoms with van der Waals surface area (Å²) in [4.78, 5) is 19.6. The van der Waals surface area contributed by atoms with E-state index in [9.17, 15) is 18.0 Å². The van der Waals surface area contributed by atoms with Gasteiger partial charge in [0, 0.05) is 23.0 Å². The zero-order valence-electron chi connectivity index (χ0n) is 24.5. The van der Waals surface area contributed by atoms with Gasteiger partial charge in [-0.05, 0) is 80.0 Å². The van der Waals surface area contributed by atoms with Crippen LogP contribution in [-0.2, 0) is 6.42 Å². The zero-order valence-corrected chi connectivity index (χ0v) is 25.3. The summed E-state index contributed by atoms with van der Waals surface area (Å²) >= 11 is 1.73. The molecule has 1 aliphatic heterocycles. The summed E-state index contributed by atoms with van der Waals surface area (Å²) in [7, 11) is 0. The molecule has 2 unspecified atom stereocenters. The number of nitrogens with one attached hydrogen (secondary N) is 2. The number of hydrogen-bond acceptors (Lipinski definition) is 6. The van der Waals surface area contributed by atoms with E-state index in [4.69, 9.17) is 0 Å². The van der Waals surface area contributed by atoms with Crippen molar-refractivity contribution < 1.29 is 22.7 Å². The van der Waals surface area contributed by atoms with Crippen LogP contribution in [0.5, 0.6) is 5.75 Å². The molecule has 8 nitrogen and oxygen atoms in total. The number of aryl methyl sites for hydroxylation is 1. The second-order valence-electron chi connectivity index (χ2n) is 10.4. The SMILES string of the molecule is CCc1ccccc1N1C(C)CCSC1NC(=O)N/C(C)=C/c1ccc(-c2ncn(-c3ccc(OC(F)(F)F)cc3)n2)cc1. The lowest BCUT2D eigenvalue weighted by atomic mass is 10.1. The van der Waals surface area contributed by atoms with Gasteiger partial charge in [-0.2, -0.15) is 0 Å². The Bertz CT molecular complexity index is 1610. The summed E-state index contributed by atoms with van der Waals surface area (Å²) in [5.74, 6) is 1.11. The smallest absolute Gasteiger partial charge is 0.406 e. The minimum Gasteiger partial charge on any atom is -0.406 e. The van der Waals surface area contributed by atoms with Crippen molar-refractivity contribution >= 4 is 29.6 Å². The van der Waals surface area contributed by atoms with E-state index in [1.54, 1.807) is 11.8 Å². The number of nitrogens with zero attached hydrogens (tertiary/aromatic N) is 4. The Kier molecular flexibility index (Phi) is 9.48. The Morgan fingerprint density at radius 2 is 1.82 bits per heavy atom. The van der Waals surface area contributed by atoms with E-state index in [0.29, 0.717) is 23.3 Å². The highest BCUT2D eigenvalue weighted by Crippen LogP contribution is 2.33. The van der Waals surface area contributed by atoms with Crippen LogP contribution in [0.25, 0.3) is 23.2 Å². The lowest BCUT2D eigenvalue weighted by molar-refractivity contribution is -0.274. The second kappa shape index (κ2) is 13.5. The Hall–Kier alpha value is -4.45. The van der Waals surface area contributed by atoms with Crippen LogP contribution in [0.3, 0.4) is 0 Å². The Balaban J connectivity index is 1.20. The number of amides is 2. The number of rotatable bonds is 8. The van der Waals surface area contributed by atoms with Gasteiger partial charge in [-0.3, -0.25) is 0 Å². The van der Waals surface area contributed by atoms with Gasteiger partial charge in [-0.25, -0.2) is 14.5 Å². The summed E-state index contributed by atoms with van der Waals surface area (Å²) in [5, 5.41) is 10.5. The third-order valence-corrected chi connectivity index (χ3v) is 8.27. The standard InChI is InChI=1S/C32H33F3N6O2S/c1-4-24-7-5-6-8-28(24)41-22(3)17-18-44-31(41)38-30(42)37-21(2)19-23-9-11-25(12-10-23)29-36-20-40(39-29)26-13-15-27(16-14-26)43-32(33,34)35/h5-16,19-20,22,31H,4,17-18H2,1-3H3,(H2,37,38,42)/b21-19+. The maximum atomic E-state index is 13.0. The monoisotopic (exact) mass is 622 g/mol. The number of hydrogen-bond donors (Lipinski definition) is 2. The summed E-state index contributed by atoms with van der Waals surface area (Å²) in [6.07, 6.45) is 0.574. The predicted octanol–water partition coefficient (Wildman–Crippen LogP) is 7.37. The number of alkyl halides is 3. The molecule has 2 amide bonds. The Morgan fingerprint density at radius 1 is 1.09 bits per heavy atom. The Morgan fingerprint density at radius 3 is 2.52 bits per heavy atom. The van der Waals surface area contributed by atoms with Gasteiger partial charge in [0.2, 0.25) is 0 Å². The molecule has 2 heterocycles. The van der Waals surface area contributed by atoms with Crippen molar-refractivity contribution in [3.8, 4) is 22.8 Å². The minimum absolute atomic E-state index is 0.183. The molecular weight excluding hydrogens is 589 g/mol. The van der Waals surface area contributed by atoms with Crippen molar-refractivity contribution in [2.75, 3.05) is 10.7 Å². The maximum absolute atomic E-state index is 13.0. The summed E-state index contributed by atoms with van der Waals surface area (Å²) in [6, 6.07) is 21.3. The third-order valence-electron chi connectivity index (χ3n) is 7.13. The molecule has 0 spiro atoms. The van der Waals surface area contributed by atoms with Crippen molar-refractivity contribution in [2.24, 2.45) is 0 Å². The van der Waals surface area contributed by atoms with Crippen LogP contribution in [0.4, 0.5) is 23.7 Å². The van der Waals surface area contributed by atoms with Crippen molar-refractivity contribution in [2.45, 2.75) is 51.5 Å². The third kappa shape index (κ3) is 7.73. The highest BCUT2D eigenvalue weighted by atomic mass is 32.2. The molecule has 230 valence electrons. The first kappa shape index (κ1) is 31.0. The van der Waals surface area contributed by atoms with Crippen molar-refractivity contribution in [3.63, 3.8) is 0 Å². The number of urea groups is 1. The lowest BCUT2D eigenvalue weighted by Gasteiger charge is -2.42. The summed E-state index contributed by atoms with van der Waals surface area (Å²) < 4.78 is 42.6. The second-order valence-corrected chi connectivity index (χ2v) is 11.5. The van der Waals surface area contributed by atoms with Gasteiger partial charge < -0.3 is 20.3 Å². The fourth-order valence-corrected chi connectivity index (χ4v) is 6.37. The van der Waals surface area contributed by atoms with Gasteiger partial charge in [0.05, 0.1) is 5.69 Å². The van der Waals surface area contributed by atoms with E-state index >= 15 is 0 Å². The number of para-hydroxylation sites is 1. The van der Waals surface area contributed by atoms with E-state index in [0.717, 1.165) is 35.4 Å². The van der Waals surface area contributed by atoms with E-state index in [2.05, 4.69) is 56.3 Å². The Labute approximate surface area is 258 Å². The molecule has 2 atom stereocenters. The van der Waals surface area contributed by atoms with Crippen LogP contribution in [0.1, 0.15) is 38.3 Å². The van der Waals surface area contributed by atoms with Gasteiger partial charge in [0.1, 0.15) is 12.1 Å². The number of allylic oxidation sites excluding steroid dienone is 1. The van der Waals surface area contributed by atoms with Crippen LogP contribution in [-0.4, -0.2) is 44.5 Å². The number of carbonyl (C=O) groups excluding carboxylic acids is 1. The van der Waals surface area contributed by atoms with Gasteiger partial charge in [-0.1, -0.05) is 49.4 Å². The molecule has 5 rings (SSSR count). The average molecular weight is 623 g/mol. The molecule has 0 bridgehead atoms. The minimum atomic E-state index is -4.75. The van der Waals surface area contributed by atoms with Gasteiger partial charge >= 0.3 is 12.4 Å². The number of benzene rings is 3. The van der Waals surface area contributed by atoms with Gasteiger partial charge in [0.15, 0.2) is 11.3 Å². The molecule has 1 aromatic heterocycles. The van der Waals surface area contributed by atoms with Crippen molar-refractivity contribution in [3.05, 3.63) is 95.9 Å². The highest BCUT2D eigenvalue weighted by molar-refractivity contribution is 8.00. The molecule has 0 radical (unpaired) electrons. The molecule has 1 aliphatic rings. The number of anilines is 1. The molecule has 0 saturated carbocycles. The predicted molar refractivity (Wildman–Crippen MR) is 167 cm³/mol. The first-order chi connectivity index (χ1) is 21.1. The van der Waals surface area contributed by atoms with Crippen molar-refractivity contribution in [1.29, 1.82) is 0 Å². The number of halogens is 3. The van der Waals surface area contributed by atoms with Gasteiger partial charge in [0.25, 0.3) is 0 Å². The fourth-order valence-electron chi connectivity index (χ4n) is 5.00. The number of ether oxygens (including phenoxy) is 1. The normalized spacial score (nSPS) is 17.3. The first-order valence-corrected chi connectivity index (χ1v) is 15.3. The summed E-state index contributed by atoms with van der Waals surface area (Å²) in [6.45, 7) is 6.17. The lowest BCUT2D eigenvalue weighted by Crippen LogP contribution is -2.55. The molecule has 44 heavy (non-hydrogen) atoms. The number of aromatic nitrogens is 3. The summed E-state index contributed by atoms with van der Waals surface area (Å²) in [5.41, 5.74) is 5.09. The maximum Gasteiger partial charge on any atom is 0.573 e. The number of carbonyl (C=O) groups is 1. The topological polar surface area (TPSA) is 84.3 Å². The van der Waals surface area contributed by atoms with Crippen LogP contribution >= 0.6 is 11.8 Å². The van der Waals surface area contributed by atoms with E-state index < -0.39 is 6.36 Å². The van der Waals surface area contributed by atoms with Crippen LogP contribution < -0.4 is 20.3 Å². The number of thioether (sulfide) groups is 1. The molecule has 1 fully saturated rings.